The Hall–Kier alpha value is -2.95. The van der Waals surface area contributed by atoms with Gasteiger partial charge in [0.2, 0.25) is 0 Å². The summed E-state index contributed by atoms with van der Waals surface area (Å²) in [4.78, 5) is 27.6. The third kappa shape index (κ3) is 2.99. The van der Waals surface area contributed by atoms with Crippen molar-refractivity contribution in [2.75, 3.05) is 0 Å². The molecule has 116 valence electrons. The lowest BCUT2D eigenvalue weighted by Crippen LogP contribution is -2.30. The first kappa shape index (κ1) is 15.0. The zero-order chi connectivity index (χ0) is 16.4. The van der Waals surface area contributed by atoms with Gasteiger partial charge in [0.25, 0.3) is 11.7 Å². The molecule has 5 heteroatoms. The molecule has 2 N–H and O–H groups in total. The molecule has 0 fully saturated rings. The van der Waals surface area contributed by atoms with Crippen LogP contribution in [0.4, 0.5) is 4.39 Å². The molecule has 1 amide bonds. The van der Waals surface area contributed by atoms with E-state index in [0.29, 0.717) is 16.8 Å². The third-order valence-corrected chi connectivity index (χ3v) is 3.67. The van der Waals surface area contributed by atoms with Crippen LogP contribution in [0, 0.1) is 12.7 Å². The topological polar surface area (TPSA) is 62.0 Å². The molecular formula is C18H15FN2O2. The number of carbonyl (C=O) groups is 2. The van der Waals surface area contributed by atoms with Gasteiger partial charge in [0.1, 0.15) is 5.82 Å². The molecule has 0 spiro atoms. The number of H-pyrrole nitrogens is 1. The van der Waals surface area contributed by atoms with E-state index in [-0.39, 0.29) is 12.4 Å². The molecule has 0 aliphatic carbocycles. The van der Waals surface area contributed by atoms with Gasteiger partial charge in [0, 0.05) is 23.1 Å². The van der Waals surface area contributed by atoms with Gasteiger partial charge >= 0.3 is 0 Å². The third-order valence-electron chi connectivity index (χ3n) is 3.67. The van der Waals surface area contributed by atoms with E-state index < -0.39 is 11.7 Å². The van der Waals surface area contributed by atoms with Gasteiger partial charge in [-0.2, -0.15) is 0 Å². The zero-order valence-electron chi connectivity index (χ0n) is 12.5. The highest BCUT2D eigenvalue weighted by Crippen LogP contribution is 2.22. The van der Waals surface area contributed by atoms with Crippen molar-refractivity contribution in [2.45, 2.75) is 13.5 Å². The largest absolute Gasteiger partial charge is 0.358 e. The lowest BCUT2D eigenvalue weighted by atomic mass is 10.1. The van der Waals surface area contributed by atoms with E-state index in [0.717, 1.165) is 10.9 Å². The average Bonchev–Trinajstić information content (AvgIpc) is 2.87. The number of para-hydroxylation sites is 1. The maximum Gasteiger partial charge on any atom is 0.292 e. The predicted octanol–water partition coefficient (Wildman–Crippen LogP) is 3.11. The van der Waals surface area contributed by atoms with Gasteiger partial charge in [-0.05, 0) is 30.7 Å². The van der Waals surface area contributed by atoms with Gasteiger partial charge in [0.05, 0.1) is 5.56 Å². The Bertz CT molecular complexity index is 899. The number of aromatic nitrogens is 1. The van der Waals surface area contributed by atoms with E-state index >= 15 is 0 Å². The SMILES string of the molecule is Cc1[nH]c2ccccc2c1C(=O)C(=O)NCc1cccc(F)c1. The first-order valence-electron chi connectivity index (χ1n) is 7.20. The Morgan fingerprint density at radius 2 is 1.91 bits per heavy atom. The highest BCUT2D eigenvalue weighted by Gasteiger charge is 2.22. The van der Waals surface area contributed by atoms with Crippen molar-refractivity contribution in [2.24, 2.45) is 0 Å². The quantitative estimate of drug-likeness (QED) is 0.574. The molecule has 3 aromatic rings. The van der Waals surface area contributed by atoms with Crippen LogP contribution < -0.4 is 5.32 Å². The standard InChI is InChI=1S/C18H15FN2O2/c1-11-16(14-7-2-3-8-15(14)21-11)17(22)18(23)20-10-12-5-4-6-13(19)9-12/h2-9,21H,10H2,1H3,(H,20,23). The molecule has 2 aromatic carbocycles. The number of hydrogen-bond acceptors (Lipinski definition) is 2. The van der Waals surface area contributed by atoms with Gasteiger partial charge in [-0.15, -0.1) is 0 Å². The maximum atomic E-state index is 13.1. The van der Waals surface area contributed by atoms with E-state index in [4.69, 9.17) is 0 Å². The van der Waals surface area contributed by atoms with Crippen LogP contribution in [0.3, 0.4) is 0 Å². The van der Waals surface area contributed by atoms with E-state index in [9.17, 15) is 14.0 Å². The molecule has 1 aromatic heterocycles. The number of Topliss-reactive ketones (excluding diaryl/α,β-unsaturated/α-hetero) is 1. The highest BCUT2D eigenvalue weighted by molar-refractivity contribution is 6.45. The van der Waals surface area contributed by atoms with Crippen LogP contribution >= 0.6 is 0 Å². The van der Waals surface area contributed by atoms with Crippen molar-refractivity contribution in [3.63, 3.8) is 0 Å². The average molecular weight is 310 g/mol. The first-order chi connectivity index (χ1) is 11.1. The Morgan fingerprint density at radius 1 is 1.13 bits per heavy atom. The molecule has 0 radical (unpaired) electrons. The number of aryl methyl sites for hydroxylation is 1. The van der Waals surface area contributed by atoms with Gasteiger partial charge in [-0.25, -0.2) is 4.39 Å². The van der Waals surface area contributed by atoms with E-state index in [1.165, 1.54) is 12.1 Å². The minimum Gasteiger partial charge on any atom is -0.358 e. The number of aromatic amines is 1. The molecule has 4 nitrogen and oxygen atoms in total. The fraction of sp³-hybridized carbons (Fsp3) is 0.111. The number of hydrogen-bond donors (Lipinski definition) is 2. The van der Waals surface area contributed by atoms with Crippen LogP contribution in [0.5, 0.6) is 0 Å². The van der Waals surface area contributed by atoms with Gasteiger partial charge < -0.3 is 10.3 Å². The molecule has 0 bridgehead atoms. The monoisotopic (exact) mass is 310 g/mol. The fourth-order valence-electron chi connectivity index (χ4n) is 2.59. The molecule has 0 unspecified atom stereocenters. The number of nitrogens with one attached hydrogen (secondary N) is 2. The zero-order valence-corrected chi connectivity index (χ0v) is 12.5. The molecule has 1 heterocycles. The van der Waals surface area contributed by atoms with Crippen LogP contribution in [-0.2, 0) is 11.3 Å². The molecule has 0 aliphatic heterocycles. The minimum atomic E-state index is -0.706. The Balaban J connectivity index is 1.79. The van der Waals surface area contributed by atoms with Crippen molar-refractivity contribution < 1.29 is 14.0 Å². The summed E-state index contributed by atoms with van der Waals surface area (Å²) in [6.45, 7) is 1.86. The maximum absolute atomic E-state index is 13.1. The number of fused-ring (bicyclic) bond motifs is 1. The van der Waals surface area contributed by atoms with Gasteiger partial charge in [-0.1, -0.05) is 30.3 Å². The van der Waals surface area contributed by atoms with Crippen molar-refractivity contribution in [3.8, 4) is 0 Å². The van der Waals surface area contributed by atoms with Crippen LogP contribution in [0.1, 0.15) is 21.6 Å². The Morgan fingerprint density at radius 3 is 2.70 bits per heavy atom. The molecule has 23 heavy (non-hydrogen) atoms. The fourth-order valence-corrected chi connectivity index (χ4v) is 2.59. The summed E-state index contributed by atoms with van der Waals surface area (Å²) in [5.74, 6) is -1.69. The van der Waals surface area contributed by atoms with Crippen molar-refractivity contribution >= 4 is 22.6 Å². The first-order valence-corrected chi connectivity index (χ1v) is 7.20. The number of benzene rings is 2. The summed E-state index contributed by atoms with van der Waals surface area (Å²) >= 11 is 0. The summed E-state index contributed by atoms with van der Waals surface area (Å²) in [5, 5.41) is 3.26. The van der Waals surface area contributed by atoms with E-state index in [1.54, 1.807) is 25.1 Å². The van der Waals surface area contributed by atoms with Crippen molar-refractivity contribution in [1.82, 2.24) is 10.3 Å². The summed E-state index contributed by atoms with van der Waals surface area (Å²) in [7, 11) is 0. The molecule has 0 saturated heterocycles. The summed E-state index contributed by atoms with van der Waals surface area (Å²) < 4.78 is 13.1. The van der Waals surface area contributed by atoms with Crippen LogP contribution in [0.25, 0.3) is 10.9 Å². The van der Waals surface area contributed by atoms with Crippen LogP contribution in [-0.4, -0.2) is 16.7 Å². The Labute approximate surface area is 132 Å². The van der Waals surface area contributed by atoms with Crippen LogP contribution in [0.15, 0.2) is 48.5 Å². The lowest BCUT2D eigenvalue weighted by molar-refractivity contribution is -0.117. The number of amides is 1. The number of carbonyl (C=O) groups excluding carboxylic acids is 2. The van der Waals surface area contributed by atoms with Gasteiger partial charge in [0.15, 0.2) is 0 Å². The normalized spacial score (nSPS) is 10.7. The smallest absolute Gasteiger partial charge is 0.292 e. The molecular weight excluding hydrogens is 295 g/mol. The lowest BCUT2D eigenvalue weighted by Gasteiger charge is -2.05. The van der Waals surface area contributed by atoms with Crippen molar-refractivity contribution in [1.29, 1.82) is 0 Å². The minimum absolute atomic E-state index is 0.101. The summed E-state index contributed by atoms with van der Waals surface area (Å²) in [6, 6.07) is 13.2. The van der Waals surface area contributed by atoms with Crippen LogP contribution in [0.2, 0.25) is 0 Å². The molecule has 0 atom stereocenters. The number of ketones is 1. The summed E-state index contributed by atoms with van der Waals surface area (Å²) in [6.07, 6.45) is 0. The predicted molar refractivity (Wildman–Crippen MR) is 85.6 cm³/mol. The molecule has 0 saturated carbocycles. The van der Waals surface area contributed by atoms with Gasteiger partial charge in [-0.3, -0.25) is 9.59 Å². The second-order valence-corrected chi connectivity index (χ2v) is 5.31. The molecule has 3 rings (SSSR count). The number of rotatable bonds is 4. The Kier molecular flexibility index (Phi) is 3.93. The highest BCUT2D eigenvalue weighted by atomic mass is 19.1. The number of halogens is 1. The second kappa shape index (κ2) is 6.04. The molecule has 0 aliphatic rings. The summed E-state index contributed by atoms with van der Waals surface area (Å²) in [5.41, 5.74) is 2.43. The second-order valence-electron chi connectivity index (χ2n) is 5.31. The van der Waals surface area contributed by atoms with E-state index in [2.05, 4.69) is 10.3 Å². The van der Waals surface area contributed by atoms with E-state index in [1.807, 2.05) is 18.2 Å². The van der Waals surface area contributed by atoms with Crippen molar-refractivity contribution in [3.05, 3.63) is 71.2 Å².